The molecule has 37 heavy (non-hydrogen) atoms. The van der Waals surface area contributed by atoms with Crippen LogP contribution in [0.1, 0.15) is 55.0 Å². The number of carbonyl (C=O) groups is 1. The van der Waals surface area contributed by atoms with Crippen molar-refractivity contribution in [2.24, 2.45) is 0 Å². The van der Waals surface area contributed by atoms with E-state index >= 15 is 0 Å². The summed E-state index contributed by atoms with van der Waals surface area (Å²) < 4.78 is 39.1. The standard InChI is InChI=1S/C29H29F2N3O3/c1-17-28(20-12-21(30)15-22(31)13-20)37-29(35)34(17)16-25-23(7-9-27(32-25)33-10-3-11-33)24-14-19(18-4-5-18)6-8-26(24)36-2/h6-9,12-15,17-18,28H,3-5,10-11,16H2,1-2H3/t17-,28-/m0/s1. The molecule has 0 spiro atoms. The highest BCUT2D eigenvalue weighted by Crippen LogP contribution is 2.44. The first-order valence-electron chi connectivity index (χ1n) is 12.8. The second kappa shape index (κ2) is 9.32. The number of cyclic esters (lactones) is 1. The fraction of sp³-hybridized carbons (Fsp3) is 0.379. The Bertz CT molecular complexity index is 1340. The van der Waals surface area contributed by atoms with Gasteiger partial charge in [0.2, 0.25) is 0 Å². The first kappa shape index (κ1) is 23.7. The minimum Gasteiger partial charge on any atom is -0.496 e. The predicted molar refractivity (Wildman–Crippen MR) is 136 cm³/mol. The number of anilines is 1. The van der Waals surface area contributed by atoms with Crippen LogP contribution in [0.25, 0.3) is 11.1 Å². The lowest BCUT2D eigenvalue weighted by atomic mass is 9.97. The van der Waals surface area contributed by atoms with Crippen LogP contribution in [-0.2, 0) is 11.3 Å². The number of carbonyl (C=O) groups excluding carboxylic acids is 1. The molecule has 1 saturated carbocycles. The summed E-state index contributed by atoms with van der Waals surface area (Å²) in [7, 11) is 1.65. The second-order valence-electron chi connectivity index (χ2n) is 10.1. The third kappa shape index (κ3) is 4.49. The molecule has 0 N–H and O–H groups in total. The summed E-state index contributed by atoms with van der Waals surface area (Å²) in [6.45, 7) is 3.91. The van der Waals surface area contributed by atoms with Gasteiger partial charge < -0.3 is 14.4 Å². The summed E-state index contributed by atoms with van der Waals surface area (Å²) in [6.07, 6.45) is 2.17. The molecule has 192 valence electrons. The first-order valence-corrected chi connectivity index (χ1v) is 12.8. The minimum absolute atomic E-state index is 0.197. The smallest absolute Gasteiger partial charge is 0.411 e. The van der Waals surface area contributed by atoms with Crippen LogP contribution in [0.5, 0.6) is 5.75 Å². The van der Waals surface area contributed by atoms with Crippen molar-refractivity contribution in [2.45, 2.75) is 50.8 Å². The molecule has 2 aromatic carbocycles. The van der Waals surface area contributed by atoms with Gasteiger partial charge in [0.05, 0.1) is 25.4 Å². The number of benzene rings is 2. The SMILES string of the molecule is COc1ccc(C2CC2)cc1-c1ccc(N2CCC2)nc1CN1C(=O)O[C@H](c2cc(F)cc(F)c2)[C@@H]1C. The Kier molecular flexibility index (Phi) is 5.97. The van der Waals surface area contributed by atoms with Gasteiger partial charge in [-0.3, -0.25) is 4.90 Å². The zero-order valence-corrected chi connectivity index (χ0v) is 20.9. The van der Waals surface area contributed by atoms with E-state index in [1.807, 2.05) is 19.1 Å². The topological polar surface area (TPSA) is 54.9 Å². The van der Waals surface area contributed by atoms with E-state index in [2.05, 4.69) is 23.1 Å². The van der Waals surface area contributed by atoms with E-state index in [9.17, 15) is 13.6 Å². The van der Waals surface area contributed by atoms with Gasteiger partial charge in [0.1, 0.15) is 29.3 Å². The lowest BCUT2D eigenvalue weighted by Crippen LogP contribution is -2.38. The van der Waals surface area contributed by atoms with Crippen LogP contribution >= 0.6 is 0 Å². The molecular formula is C29H29F2N3O3. The summed E-state index contributed by atoms with van der Waals surface area (Å²) in [5.74, 6) is 0.777. The van der Waals surface area contributed by atoms with Crippen molar-refractivity contribution in [3.05, 3.63) is 77.0 Å². The summed E-state index contributed by atoms with van der Waals surface area (Å²) in [4.78, 5) is 21.8. The summed E-state index contributed by atoms with van der Waals surface area (Å²) >= 11 is 0. The van der Waals surface area contributed by atoms with E-state index in [-0.39, 0.29) is 6.54 Å². The van der Waals surface area contributed by atoms with Crippen molar-refractivity contribution in [1.82, 2.24) is 9.88 Å². The molecule has 8 heteroatoms. The molecule has 0 bridgehead atoms. The number of aromatic nitrogens is 1. The number of amides is 1. The molecule has 2 aliphatic heterocycles. The van der Waals surface area contributed by atoms with Gasteiger partial charge in [-0.15, -0.1) is 0 Å². The van der Waals surface area contributed by atoms with Gasteiger partial charge in [0.15, 0.2) is 0 Å². The van der Waals surface area contributed by atoms with Crippen molar-refractivity contribution in [3.63, 3.8) is 0 Å². The molecule has 3 heterocycles. The molecule has 0 radical (unpaired) electrons. The Labute approximate surface area is 214 Å². The average Bonchev–Trinajstić information content (AvgIpc) is 3.65. The molecule has 1 aliphatic carbocycles. The maximum absolute atomic E-state index is 13.9. The number of hydrogen-bond acceptors (Lipinski definition) is 5. The van der Waals surface area contributed by atoms with Crippen LogP contribution in [0.4, 0.5) is 19.4 Å². The lowest BCUT2D eigenvalue weighted by molar-refractivity contribution is 0.130. The van der Waals surface area contributed by atoms with Gasteiger partial charge >= 0.3 is 6.09 Å². The number of methoxy groups -OCH3 is 1. The van der Waals surface area contributed by atoms with Crippen molar-refractivity contribution in [3.8, 4) is 16.9 Å². The quantitative estimate of drug-likeness (QED) is 0.382. The highest BCUT2D eigenvalue weighted by Gasteiger charge is 2.41. The number of halogens is 2. The molecule has 1 amide bonds. The highest BCUT2D eigenvalue weighted by atomic mass is 19.1. The van der Waals surface area contributed by atoms with Gasteiger partial charge in [-0.05, 0) is 74.1 Å². The number of nitrogens with zero attached hydrogens (tertiary/aromatic N) is 3. The zero-order chi connectivity index (χ0) is 25.7. The van der Waals surface area contributed by atoms with Crippen molar-refractivity contribution >= 4 is 11.9 Å². The molecule has 3 aromatic rings. The lowest BCUT2D eigenvalue weighted by Gasteiger charge is -2.33. The molecule has 1 aromatic heterocycles. The third-order valence-electron chi connectivity index (χ3n) is 7.63. The Hall–Kier alpha value is -3.68. The van der Waals surface area contributed by atoms with Gasteiger partial charge in [0.25, 0.3) is 0 Å². The van der Waals surface area contributed by atoms with Crippen LogP contribution in [0.3, 0.4) is 0 Å². The van der Waals surface area contributed by atoms with Gasteiger partial charge in [-0.25, -0.2) is 18.6 Å². The average molecular weight is 506 g/mol. The fourth-order valence-electron chi connectivity index (χ4n) is 5.24. The van der Waals surface area contributed by atoms with Crippen molar-refractivity contribution in [2.75, 3.05) is 25.1 Å². The van der Waals surface area contributed by atoms with E-state index in [0.29, 0.717) is 11.5 Å². The maximum Gasteiger partial charge on any atom is 0.411 e. The molecule has 0 unspecified atom stereocenters. The third-order valence-corrected chi connectivity index (χ3v) is 7.63. The van der Waals surface area contributed by atoms with Crippen LogP contribution < -0.4 is 9.64 Å². The second-order valence-corrected chi connectivity index (χ2v) is 10.1. The van der Waals surface area contributed by atoms with Gasteiger partial charge in [-0.1, -0.05) is 6.07 Å². The molecule has 3 aliphatic rings. The normalized spacial score (nSPS) is 21.1. The van der Waals surface area contributed by atoms with E-state index < -0.39 is 29.9 Å². The van der Waals surface area contributed by atoms with Crippen molar-refractivity contribution in [1.29, 1.82) is 0 Å². The Morgan fingerprint density at radius 2 is 1.76 bits per heavy atom. The molecular weight excluding hydrogens is 476 g/mol. The predicted octanol–water partition coefficient (Wildman–Crippen LogP) is 6.20. The first-order chi connectivity index (χ1) is 17.9. The number of pyridine rings is 1. The monoisotopic (exact) mass is 505 g/mol. The van der Waals surface area contributed by atoms with E-state index in [0.717, 1.165) is 54.0 Å². The van der Waals surface area contributed by atoms with Crippen molar-refractivity contribution < 1.29 is 23.0 Å². The van der Waals surface area contributed by atoms with Crippen LogP contribution in [0, 0.1) is 11.6 Å². The molecule has 3 fully saturated rings. The Morgan fingerprint density at radius 1 is 1.00 bits per heavy atom. The molecule has 2 saturated heterocycles. The summed E-state index contributed by atoms with van der Waals surface area (Å²) in [6, 6.07) is 13.1. The van der Waals surface area contributed by atoms with E-state index in [1.165, 1.54) is 30.5 Å². The van der Waals surface area contributed by atoms with Crippen LogP contribution in [0.15, 0.2) is 48.5 Å². The number of rotatable bonds is 7. The number of hydrogen-bond donors (Lipinski definition) is 0. The Balaban J connectivity index is 1.37. The zero-order valence-electron chi connectivity index (χ0n) is 20.9. The Morgan fingerprint density at radius 3 is 2.41 bits per heavy atom. The molecule has 6 rings (SSSR count). The number of ether oxygens (including phenoxy) is 2. The summed E-state index contributed by atoms with van der Waals surface area (Å²) in [5, 5.41) is 0. The van der Waals surface area contributed by atoms with Gasteiger partial charge in [0, 0.05) is 35.8 Å². The fourth-order valence-corrected chi connectivity index (χ4v) is 5.24. The van der Waals surface area contributed by atoms with E-state index in [4.69, 9.17) is 14.5 Å². The van der Waals surface area contributed by atoms with Gasteiger partial charge in [-0.2, -0.15) is 0 Å². The van der Waals surface area contributed by atoms with Crippen LogP contribution in [-0.4, -0.2) is 42.2 Å². The maximum atomic E-state index is 13.9. The minimum atomic E-state index is -0.785. The highest BCUT2D eigenvalue weighted by molar-refractivity contribution is 5.76. The van der Waals surface area contributed by atoms with Crippen LogP contribution in [0.2, 0.25) is 0 Å². The molecule has 2 atom stereocenters. The van der Waals surface area contributed by atoms with E-state index in [1.54, 1.807) is 12.0 Å². The molecule has 6 nitrogen and oxygen atoms in total. The summed E-state index contributed by atoms with van der Waals surface area (Å²) in [5.41, 5.74) is 4.13. The largest absolute Gasteiger partial charge is 0.496 e.